The highest BCUT2D eigenvalue weighted by Gasteiger charge is 2.04. The number of nitrogens with zero attached hydrogens (tertiary/aromatic N) is 1. The van der Waals surface area contributed by atoms with Crippen molar-refractivity contribution in [2.75, 3.05) is 13.7 Å². The second-order valence-corrected chi connectivity index (χ2v) is 4.39. The number of para-hydroxylation sites is 1. The van der Waals surface area contributed by atoms with Gasteiger partial charge in [-0.2, -0.15) is 0 Å². The van der Waals surface area contributed by atoms with Crippen molar-refractivity contribution in [3.63, 3.8) is 0 Å². The highest BCUT2D eigenvalue weighted by molar-refractivity contribution is 5.83. The molecule has 0 unspecified atom stereocenters. The minimum Gasteiger partial charge on any atom is -0.493 e. The van der Waals surface area contributed by atoms with Gasteiger partial charge in [-0.25, -0.2) is 0 Å². The molecule has 2 aromatic rings. The van der Waals surface area contributed by atoms with E-state index in [9.17, 15) is 0 Å². The number of rotatable bonds is 5. The molecule has 0 spiro atoms. The van der Waals surface area contributed by atoms with Gasteiger partial charge in [-0.05, 0) is 49.2 Å². The molecule has 0 amide bonds. The Morgan fingerprint density at radius 3 is 2.60 bits per heavy atom. The van der Waals surface area contributed by atoms with Crippen molar-refractivity contribution < 1.29 is 9.47 Å². The Morgan fingerprint density at radius 2 is 1.90 bits per heavy atom. The number of aryl methyl sites for hydroxylation is 1. The topological polar surface area (TPSA) is 30.8 Å². The number of benzene rings is 2. The standard InChI is InChI=1S/C17H19NO2/c1-4-20-16-10-9-14(11-17(16)19-3)12-18-15-8-6-5-7-13(15)2/h5-12H,4H2,1-3H3. The Kier molecular flexibility index (Phi) is 4.77. The fourth-order valence-corrected chi connectivity index (χ4v) is 1.89. The molecule has 0 N–H and O–H groups in total. The van der Waals surface area contributed by atoms with E-state index in [1.54, 1.807) is 7.11 Å². The predicted octanol–water partition coefficient (Wildman–Crippen LogP) is 4.15. The second kappa shape index (κ2) is 6.75. The van der Waals surface area contributed by atoms with E-state index < -0.39 is 0 Å². The van der Waals surface area contributed by atoms with E-state index in [1.165, 1.54) is 0 Å². The van der Waals surface area contributed by atoms with Crippen LogP contribution in [0.2, 0.25) is 0 Å². The van der Waals surface area contributed by atoms with E-state index in [1.807, 2.05) is 62.5 Å². The molecular formula is C17H19NO2. The SMILES string of the molecule is CCOc1ccc(C=Nc2ccccc2C)cc1OC. The van der Waals surface area contributed by atoms with Crippen LogP contribution in [-0.2, 0) is 0 Å². The van der Waals surface area contributed by atoms with Crippen LogP contribution < -0.4 is 9.47 Å². The van der Waals surface area contributed by atoms with Crippen LogP contribution in [0.15, 0.2) is 47.5 Å². The summed E-state index contributed by atoms with van der Waals surface area (Å²) in [5.74, 6) is 1.48. The van der Waals surface area contributed by atoms with Gasteiger partial charge in [0.1, 0.15) is 0 Å². The molecular weight excluding hydrogens is 250 g/mol. The van der Waals surface area contributed by atoms with Crippen LogP contribution in [0.4, 0.5) is 5.69 Å². The normalized spacial score (nSPS) is 10.8. The first-order valence-corrected chi connectivity index (χ1v) is 6.65. The van der Waals surface area contributed by atoms with Crippen molar-refractivity contribution in [1.29, 1.82) is 0 Å². The lowest BCUT2D eigenvalue weighted by Gasteiger charge is -2.09. The van der Waals surface area contributed by atoms with Crippen LogP contribution in [0, 0.1) is 6.92 Å². The predicted molar refractivity (Wildman–Crippen MR) is 82.6 cm³/mol. The molecule has 0 bridgehead atoms. The number of ether oxygens (including phenoxy) is 2. The van der Waals surface area contributed by atoms with Gasteiger partial charge in [0.15, 0.2) is 11.5 Å². The van der Waals surface area contributed by atoms with Gasteiger partial charge < -0.3 is 9.47 Å². The van der Waals surface area contributed by atoms with Gasteiger partial charge in [0.2, 0.25) is 0 Å². The molecule has 3 nitrogen and oxygen atoms in total. The zero-order valence-corrected chi connectivity index (χ0v) is 12.1. The molecule has 2 aromatic carbocycles. The Balaban J connectivity index is 2.24. The minimum atomic E-state index is 0.618. The van der Waals surface area contributed by atoms with Gasteiger partial charge in [-0.1, -0.05) is 18.2 Å². The molecule has 0 atom stereocenters. The number of hydrogen-bond donors (Lipinski definition) is 0. The number of hydrogen-bond acceptors (Lipinski definition) is 3. The van der Waals surface area contributed by atoms with Crippen molar-refractivity contribution >= 4 is 11.9 Å². The molecule has 0 heterocycles. The molecule has 0 aliphatic rings. The van der Waals surface area contributed by atoms with Crippen molar-refractivity contribution in [3.8, 4) is 11.5 Å². The molecule has 3 heteroatoms. The van der Waals surface area contributed by atoms with Crippen LogP contribution in [-0.4, -0.2) is 19.9 Å². The van der Waals surface area contributed by atoms with Gasteiger partial charge >= 0.3 is 0 Å². The Hall–Kier alpha value is -2.29. The summed E-state index contributed by atoms with van der Waals surface area (Å²) in [7, 11) is 1.64. The maximum Gasteiger partial charge on any atom is 0.161 e. The van der Waals surface area contributed by atoms with Crippen LogP contribution >= 0.6 is 0 Å². The molecule has 2 rings (SSSR count). The van der Waals surface area contributed by atoms with Gasteiger partial charge in [-0.3, -0.25) is 4.99 Å². The van der Waals surface area contributed by atoms with Crippen molar-refractivity contribution in [2.24, 2.45) is 4.99 Å². The molecule has 0 saturated heterocycles. The molecule has 0 saturated carbocycles. The molecule has 0 aliphatic heterocycles. The molecule has 0 radical (unpaired) electrons. The monoisotopic (exact) mass is 269 g/mol. The Morgan fingerprint density at radius 1 is 1.10 bits per heavy atom. The molecule has 104 valence electrons. The van der Waals surface area contributed by atoms with E-state index in [0.29, 0.717) is 6.61 Å². The number of aliphatic imine (C=N–C) groups is 1. The number of methoxy groups -OCH3 is 1. The van der Waals surface area contributed by atoms with Gasteiger partial charge in [0.25, 0.3) is 0 Å². The summed E-state index contributed by atoms with van der Waals surface area (Å²) in [6.45, 7) is 4.62. The smallest absolute Gasteiger partial charge is 0.161 e. The third-order valence-corrected chi connectivity index (χ3v) is 2.96. The average molecular weight is 269 g/mol. The summed E-state index contributed by atoms with van der Waals surface area (Å²) in [5, 5.41) is 0. The Labute approximate surface area is 119 Å². The second-order valence-electron chi connectivity index (χ2n) is 4.39. The van der Waals surface area contributed by atoms with Gasteiger partial charge in [0.05, 0.1) is 19.4 Å². The molecule has 0 aliphatic carbocycles. The van der Waals surface area contributed by atoms with Gasteiger partial charge in [-0.15, -0.1) is 0 Å². The largest absolute Gasteiger partial charge is 0.493 e. The maximum absolute atomic E-state index is 5.50. The van der Waals surface area contributed by atoms with Gasteiger partial charge in [0, 0.05) is 6.21 Å². The molecule has 20 heavy (non-hydrogen) atoms. The first kappa shape index (κ1) is 14.1. The molecule has 0 aromatic heterocycles. The van der Waals surface area contributed by atoms with Crippen molar-refractivity contribution in [3.05, 3.63) is 53.6 Å². The highest BCUT2D eigenvalue weighted by atomic mass is 16.5. The van der Waals surface area contributed by atoms with E-state index in [-0.39, 0.29) is 0 Å². The van der Waals surface area contributed by atoms with Crippen molar-refractivity contribution in [1.82, 2.24) is 0 Å². The van der Waals surface area contributed by atoms with Crippen LogP contribution in [0.25, 0.3) is 0 Å². The third kappa shape index (κ3) is 3.38. The van der Waals surface area contributed by atoms with E-state index in [4.69, 9.17) is 9.47 Å². The Bertz CT molecular complexity index is 606. The summed E-state index contributed by atoms with van der Waals surface area (Å²) in [6.07, 6.45) is 1.83. The van der Waals surface area contributed by atoms with E-state index in [0.717, 1.165) is 28.3 Å². The van der Waals surface area contributed by atoms with Crippen LogP contribution in [0.1, 0.15) is 18.1 Å². The summed E-state index contributed by atoms with van der Waals surface area (Å²) in [5.41, 5.74) is 3.11. The van der Waals surface area contributed by atoms with E-state index in [2.05, 4.69) is 4.99 Å². The summed E-state index contributed by atoms with van der Waals surface area (Å²) in [4.78, 5) is 4.51. The quantitative estimate of drug-likeness (QED) is 0.763. The van der Waals surface area contributed by atoms with Crippen LogP contribution in [0.5, 0.6) is 11.5 Å². The van der Waals surface area contributed by atoms with Crippen molar-refractivity contribution in [2.45, 2.75) is 13.8 Å². The zero-order valence-electron chi connectivity index (χ0n) is 12.1. The first-order chi connectivity index (χ1) is 9.74. The van der Waals surface area contributed by atoms with E-state index >= 15 is 0 Å². The lowest BCUT2D eigenvalue weighted by molar-refractivity contribution is 0.311. The molecule has 0 fully saturated rings. The lowest BCUT2D eigenvalue weighted by atomic mass is 10.2. The summed E-state index contributed by atoms with van der Waals surface area (Å²) in [6, 6.07) is 13.8. The minimum absolute atomic E-state index is 0.618. The lowest BCUT2D eigenvalue weighted by Crippen LogP contribution is -1.96. The fourth-order valence-electron chi connectivity index (χ4n) is 1.89. The summed E-state index contributed by atoms with van der Waals surface area (Å²) >= 11 is 0. The summed E-state index contributed by atoms with van der Waals surface area (Å²) < 4.78 is 10.8. The first-order valence-electron chi connectivity index (χ1n) is 6.65. The zero-order chi connectivity index (χ0) is 14.4. The third-order valence-electron chi connectivity index (χ3n) is 2.96. The fraction of sp³-hybridized carbons (Fsp3) is 0.235. The average Bonchev–Trinajstić information content (AvgIpc) is 2.48. The van der Waals surface area contributed by atoms with Crippen LogP contribution in [0.3, 0.4) is 0 Å². The highest BCUT2D eigenvalue weighted by Crippen LogP contribution is 2.27. The maximum atomic E-state index is 5.50.